The van der Waals surface area contributed by atoms with E-state index in [0.717, 1.165) is 70.6 Å². The third kappa shape index (κ3) is 32.9. The van der Waals surface area contributed by atoms with Crippen molar-refractivity contribution in [3.05, 3.63) is 0 Å². The molecule has 11 nitrogen and oxygen atoms in total. The molecule has 3 amide bonds. The molecule has 370 valence electrons. The quantitative estimate of drug-likeness (QED) is 0.0261. The predicted molar refractivity (Wildman–Crippen MR) is 260 cm³/mol. The van der Waals surface area contributed by atoms with Crippen molar-refractivity contribution in [3.63, 3.8) is 0 Å². The van der Waals surface area contributed by atoms with Crippen molar-refractivity contribution in [1.82, 2.24) is 16.0 Å². The molecule has 0 aromatic heterocycles. The molecule has 1 aliphatic heterocycles. The van der Waals surface area contributed by atoms with Crippen molar-refractivity contribution >= 4 is 17.7 Å². The van der Waals surface area contributed by atoms with E-state index < -0.39 is 55.1 Å². The van der Waals surface area contributed by atoms with Crippen molar-refractivity contribution in [2.24, 2.45) is 0 Å². The minimum absolute atomic E-state index is 0.262. The van der Waals surface area contributed by atoms with Crippen molar-refractivity contribution in [2.75, 3.05) is 19.8 Å². The molecule has 0 saturated carbocycles. The van der Waals surface area contributed by atoms with Gasteiger partial charge in [0.1, 0.15) is 30.4 Å². The van der Waals surface area contributed by atoms with E-state index in [9.17, 15) is 29.7 Å². The van der Waals surface area contributed by atoms with Crippen LogP contribution in [0.3, 0.4) is 0 Å². The molecule has 0 radical (unpaired) electrons. The number of nitrogens with one attached hydrogen (secondary N) is 3. The van der Waals surface area contributed by atoms with Gasteiger partial charge < -0.3 is 40.7 Å². The minimum atomic E-state index is -1.48. The Morgan fingerprint density at radius 3 is 1.45 bits per heavy atom. The molecule has 0 aromatic carbocycles. The van der Waals surface area contributed by atoms with Crippen molar-refractivity contribution < 1.29 is 39.2 Å². The van der Waals surface area contributed by atoms with Crippen LogP contribution in [0.2, 0.25) is 0 Å². The first-order valence-electron chi connectivity index (χ1n) is 26.3. The summed E-state index contributed by atoms with van der Waals surface area (Å²) in [6.45, 7) is 5.35. The molecule has 64 heavy (non-hydrogen) atoms. The summed E-state index contributed by atoms with van der Waals surface area (Å²) in [5.74, 6) is 11.2. The van der Waals surface area contributed by atoms with Gasteiger partial charge in [-0.3, -0.25) is 14.4 Å². The van der Waals surface area contributed by atoms with Crippen molar-refractivity contribution in [2.45, 2.75) is 276 Å². The Bertz CT molecular complexity index is 1280. The number of amides is 3. The fourth-order valence-electron chi connectivity index (χ4n) is 8.20. The van der Waals surface area contributed by atoms with E-state index in [1.54, 1.807) is 0 Å². The van der Waals surface area contributed by atoms with Crippen LogP contribution in [0.4, 0.5) is 0 Å². The lowest BCUT2D eigenvalue weighted by molar-refractivity contribution is -0.271. The highest BCUT2D eigenvalue weighted by Crippen LogP contribution is 2.23. The molecular formula is C53H95N3O8. The van der Waals surface area contributed by atoms with Crippen LogP contribution in [0.1, 0.15) is 239 Å². The summed E-state index contributed by atoms with van der Waals surface area (Å²) >= 11 is 0. The number of carbonyl (C=O) groups excluding carboxylic acids is 3. The standard InChI is InChI=1S/C53H95N3O8/c1-4-6-8-10-12-14-16-18-20-22-23-24-25-26-27-29-31-33-35-37-39-41-48(59)56-46(44-63-53-49(55-45(3)58)51(61)50(60)47(43-57)64-53)52(62)54-42-40-38-36-34-32-30-28-21-19-17-15-13-11-9-7-5-2/h46-47,49-51,53,57,60-61H,4-22,27-44H2,1-3H3,(H,54,62)(H,55,58)(H,56,59)/t46?,47-,49-,50-,51-,53-/m1/s1. The summed E-state index contributed by atoms with van der Waals surface area (Å²) < 4.78 is 11.6. The molecule has 1 heterocycles. The number of unbranched alkanes of at least 4 members (excludes halogenated alkanes) is 30. The van der Waals surface area contributed by atoms with Crippen molar-refractivity contribution in [3.8, 4) is 23.7 Å². The molecule has 1 fully saturated rings. The SMILES string of the molecule is CCCCCCCCCCCC#CC#CCCCCCCCCC(=O)NC(CO[C@@H]1O[C@H](CO)[C@@H](O)[C@H](O)[C@H]1NC(C)=O)C(=O)NCCCCCCCCCCCCCCCCCC. The molecule has 6 N–H and O–H groups in total. The fraction of sp³-hybridized carbons (Fsp3) is 0.868. The molecule has 0 bridgehead atoms. The van der Waals surface area contributed by atoms with Gasteiger partial charge in [0, 0.05) is 32.7 Å². The van der Waals surface area contributed by atoms with E-state index in [0.29, 0.717) is 13.0 Å². The van der Waals surface area contributed by atoms with Gasteiger partial charge in [0.25, 0.3) is 0 Å². The molecule has 6 atom stereocenters. The van der Waals surface area contributed by atoms with Gasteiger partial charge in [0.2, 0.25) is 17.7 Å². The summed E-state index contributed by atoms with van der Waals surface area (Å²) in [4.78, 5) is 38.4. The third-order valence-electron chi connectivity index (χ3n) is 12.3. The lowest BCUT2D eigenvalue weighted by Gasteiger charge is -2.42. The first kappa shape index (κ1) is 59.3. The fourth-order valence-corrected chi connectivity index (χ4v) is 8.20. The highest BCUT2D eigenvalue weighted by atomic mass is 16.7. The minimum Gasteiger partial charge on any atom is -0.394 e. The van der Waals surface area contributed by atoms with Crippen LogP contribution in [0, 0.1) is 23.7 Å². The molecule has 0 aromatic rings. The first-order chi connectivity index (χ1) is 31.2. The molecule has 0 spiro atoms. The highest BCUT2D eigenvalue weighted by molar-refractivity contribution is 5.87. The molecular weight excluding hydrogens is 807 g/mol. The highest BCUT2D eigenvalue weighted by Gasteiger charge is 2.45. The van der Waals surface area contributed by atoms with E-state index in [4.69, 9.17) is 9.47 Å². The second kappa shape index (κ2) is 42.9. The number of carbonyl (C=O) groups is 3. The van der Waals surface area contributed by atoms with Gasteiger partial charge in [0.15, 0.2) is 6.29 Å². The summed E-state index contributed by atoms with van der Waals surface area (Å²) in [7, 11) is 0. The van der Waals surface area contributed by atoms with Crippen LogP contribution in [0.5, 0.6) is 0 Å². The maximum atomic E-state index is 13.4. The molecule has 1 unspecified atom stereocenters. The zero-order valence-corrected chi connectivity index (χ0v) is 41.0. The van der Waals surface area contributed by atoms with Crippen LogP contribution in [0.25, 0.3) is 0 Å². The van der Waals surface area contributed by atoms with Gasteiger partial charge in [-0.25, -0.2) is 0 Å². The van der Waals surface area contributed by atoms with Crippen LogP contribution in [-0.2, 0) is 23.9 Å². The summed E-state index contributed by atoms with van der Waals surface area (Å²) in [5, 5.41) is 39.1. The molecule has 1 rings (SSSR count). The van der Waals surface area contributed by atoms with Gasteiger partial charge in [-0.05, 0) is 37.5 Å². The van der Waals surface area contributed by atoms with Gasteiger partial charge in [-0.1, -0.05) is 199 Å². The third-order valence-corrected chi connectivity index (χ3v) is 12.3. The zero-order valence-electron chi connectivity index (χ0n) is 41.0. The van der Waals surface area contributed by atoms with E-state index in [-0.39, 0.29) is 18.9 Å². The number of aliphatic hydroxyl groups excluding tert-OH is 3. The average molecular weight is 902 g/mol. The van der Waals surface area contributed by atoms with Gasteiger partial charge in [-0.2, -0.15) is 0 Å². The number of hydrogen-bond acceptors (Lipinski definition) is 8. The average Bonchev–Trinajstić information content (AvgIpc) is 3.28. The van der Waals surface area contributed by atoms with Crippen LogP contribution >= 0.6 is 0 Å². The maximum Gasteiger partial charge on any atom is 0.244 e. The Morgan fingerprint density at radius 1 is 0.594 bits per heavy atom. The number of hydrogen-bond donors (Lipinski definition) is 6. The second-order valence-corrected chi connectivity index (χ2v) is 18.3. The number of aliphatic hydroxyl groups is 3. The van der Waals surface area contributed by atoms with E-state index in [2.05, 4.69) is 53.5 Å². The van der Waals surface area contributed by atoms with Crippen LogP contribution in [0.15, 0.2) is 0 Å². The molecule has 0 aliphatic carbocycles. The van der Waals surface area contributed by atoms with Crippen molar-refractivity contribution in [1.29, 1.82) is 0 Å². The Balaban J connectivity index is 2.42. The zero-order chi connectivity index (χ0) is 46.7. The second-order valence-electron chi connectivity index (χ2n) is 18.3. The Hall–Kier alpha value is -2.67. The molecule has 1 aliphatic rings. The van der Waals surface area contributed by atoms with Gasteiger partial charge in [0.05, 0.1) is 13.2 Å². The number of rotatable bonds is 41. The summed E-state index contributed by atoms with van der Waals surface area (Å²) in [6.07, 6.45) is 34.5. The normalized spacial score (nSPS) is 18.6. The lowest BCUT2D eigenvalue weighted by atomic mass is 9.97. The molecule has 11 heteroatoms. The Morgan fingerprint density at radius 2 is 1.02 bits per heavy atom. The predicted octanol–water partition coefficient (Wildman–Crippen LogP) is 9.86. The summed E-state index contributed by atoms with van der Waals surface area (Å²) in [6, 6.07) is -2.20. The van der Waals surface area contributed by atoms with E-state index in [1.165, 1.54) is 142 Å². The monoisotopic (exact) mass is 902 g/mol. The topological polar surface area (TPSA) is 166 Å². The Labute approximate surface area is 390 Å². The maximum absolute atomic E-state index is 13.4. The summed E-state index contributed by atoms with van der Waals surface area (Å²) in [5.41, 5.74) is 0. The van der Waals surface area contributed by atoms with E-state index >= 15 is 0 Å². The largest absolute Gasteiger partial charge is 0.394 e. The molecule has 1 saturated heterocycles. The van der Waals surface area contributed by atoms with Gasteiger partial charge in [-0.15, -0.1) is 0 Å². The first-order valence-corrected chi connectivity index (χ1v) is 26.3. The van der Waals surface area contributed by atoms with Gasteiger partial charge >= 0.3 is 0 Å². The Kier molecular flexibility index (Phi) is 39.8. The van der Waals surface area contributed by atoms with Crippen LogP contribution in [-0.4, -0.2) is 89.5 Å². The number of ether oxygens (including phenoxy) is 2. The lowest BCUT2D eigenvalue weighted by Crippen LogP contribution is -2.65. The van der Waals surface area contributed by atoms with Crippen LogP contribution < -0.4 is 16.0 Å². The smallest absolute Gasteiger partial charge is 0.244 e. The van der Waals surface area contributed by atoms with E-state index in [1.807, 2.05) is 0 Å².